The molecule has 0 saturated carbocycles. The lowest BCUT2D eigenvalue weighted by Crippen LogP contribution is -2.57. The smallest absolute Gasteiger partial charge is 0.293 e. The van der Waals surface area contributed by atoms with Gasteiger partial charge < -0.3 is 24.4 Å². The summed E-state index contributed by atoms with van der Waals surface area (Å²) >= 11 is 6.25. The summed E-state index contributed by atoms with van der Waals surface area (Å²) in [7, 11) is -0.680. The molecule has 1 amide bonds. The molecule has 14 nitrogen and oxygen atoms in total. The minimum absolute atomic E-state index is 0.00612. The second-order valence-electron chi connectivity index (χ2n) is 15.9. The van der Waals surface area contributed by atoms with Crippen molar-refractivity contribution >= 4 is 38.9 Å². The van der Waals surface area contributed by atoms with E-state index in [-0.39, 0.29) is 36.0 Å². The molecule has 5 aromatic carbocycles. The van der Waals surface area contributed by atoms with Crippen LogP contribution < -0.4 is 14.8 Å². The van der Waals surface area contributed by atoms with Crippen molar-refractivity contribution in [2.75, 3.05) is 78.5 Å². The Morgan fingerprint density at radius 2 is 1.60 bits per heavy atom. The standard InChI is InChI=1S/C47H53ClN6O8S/c1-50(2)23-8-28-61-40-17-19-42(36-13-15-38(48)16-14-36)37(31-40)34-51-24-26-52(27-25-51)53(47(55)43-11-6-7-12-46(43)62-39-9-4-3-5-10-39)63(58,59)41-18-20-44(45(32-41)54(56)57)49-33-35-21-29-60-30-22-35/h3-7,9-20,31-32,35,49H,8,21-30,33-34H2,1-2H3. The highest BCUT2D eigenvalue weighted by Gasteiger charge is 2.39. The average molecular weight is 897 g/mol. The van der Waals surface area contributed by atoms with E-state index in [9.17, 15) is 23.3 Å². The van der Waals surface area contributed by atoms with E-state index >= 15 is 0 Å². The van der Waals surface area contributed by atoms with Crippen LogP contribution in [-0.2, 0) is 21.3 Å². The number of anilines is 1. The molecule has 7 rings (SSSR count). The maximum atomic E-state index is 14.9. The molecular formula is C47H53ClN6O8S. The topological polar surface area (TPSA) is 147 Å². The van der Waals surface area contributed by atoms with Crippen LogP contribution in [0.2, 0.25) is 5.02 Å². The van der Waals surface area contributed by atoms with Gasteiger partial charge in [0.1, 0.15) is 22.9 Å². The van der Waals surface area contributed by atoms with Crippen LogP contribution in [0.15, 0.2) is 120 Å². The first-order chi connectivity index (χ1) is 30.5. The number of rotatable bonds is 18. The Morgan fingerprint density at radius 3 is 2.32 bits per heavy atom. The van der Waals surface area contributed by atoms with Crippen molar-refractivity contribution < 1.29 is 32.3 Å². The minimum atomic E-state index is -4.73. The van der Waals surface area contributed by atoms with Gasteiger partial charge in [0.05, 0.1) is 22.0 Å². The number of nitrogens with one attached hydrogen (secondary N) is 1. The highest BCUT2D eigenvalue weighted by molar-refractivity contribution is 7.89. The number of carbonyl (C=O) groups is 1. The average Bonchev–Trinajstić information content (AvgIpc) is 3.29. The van der Waals surface area contributed by atoms with Gasteiger partial charge in [0.15, 0.2) is 0 Å². The van der Waals surface area contributed by atoms with E-state index in [1.54, 1.807) is 42.5 Å². The SMILES string of the molecule is CN(C)CCCOc1ccc(-c2ccc(Cl)cc2)c(CN2CCN(N(C(=O)c3ccccc3Oc3ccccc3)S(=O)(=O)c3ccc(NCC4CCOCC4)c([N+](=O)[O-])c3)CC2)c1. The van der Waals surface area contributed by atoms with Crippen molar-refractivity contribution in [1.29, 1.82) is 0 Å². The normalized spacial score (nSPS) is 15.2. The number of amides is 1. The van der Waals surface area contributed by atoms with Crippen LogP contribution in [-0.4, -0.2) is 112 Å². The van der Waals surface area contributed by atoms with Crippen LogP contribution in [0.5, 0.6) is 17.2 Å². The third-order valence-electron chi connectivity index (χ3n) is 11.1. The van der Waals surface area contributed by atoms with Crippen molar-refractivity contribution in [2.24, 2.45) is 5.92 Å². The summed E-state index contributed by atoms with van der Waals surface area (Å²) in [4.78, 5) is 30.6. The molecule has 0 spiro atoms. The Bertz CT molecular complexity index is 2440. The molecule has 0 radical (unpaired) electrons. The van der Waals surface area contributed by atoms with Crippen LogP contribution in [0.25, 0.3) is 11.1 Å². The zero-order valence-electron chi connectivity index (χ0n) is 35.5. The first-order valence-electron chi connectivity index (χ1n) is 21.1. The molecule has 1 N–H and O–H groups in total. The maximum absolute atomic E-state index is 14.9. The summed E-state index contributed by atoms with van der Waals surface area (Å²) in [5.41, 5.74) is 2.81. The number of halogens is 1. The molecule has 0 atom stereocenters. The Kier molecular flexibility index (Phi) is 15.3. The van der Waals surface area contributed by atoms with Gasteiger partial charge in [0.25, 0.3) is 21.6 Å². The molecular weight excluding hydrogens is 844 g/mol. The van der Waals surface area contributed by atoms with Crippen LogP contribution in [0.4, 0.5) is 11.4 Å². The van der Waals surface area contributed by atoms with Crippen molar-refractivity contribution in [3.63, 3.8) is 0 Å². The van der Waals surface area contributed by atoms with Crippen molar-refractivity contribution in [3.8, 4) is 28.4 Å². The molecule has 5 aromatic rings. The number of hydrogen-bond acceptors (Lipinski definition) is 12. The number of hydrogen-bond donors (Lipinski definition) is 1. The van der Waals surface area contributed by atoms with Crippen molar-refractivity contribution in [2.45, 2.75) is 30.7 Å². The second kappa shape index (κ2) is 21.2. The Labute approximate surface area is 374 Å². The summed E-state index contributed by atoms with van der Waals surface area (Å²) in [6.07, 6.45) is 2.50. The van der Waals surface area contributed by atoms with Gasteiger partial charge in [-0.2, -0.15) is 12.8 Å². The van der Waals surface area contributed by atoms with Crippen LogP contribution >= 0.6 is 11.6 Å². The molecule has 0 bridgehead atoms. The molecule has 2 fully saturated rings. The van der Waals surface area contributed by atoms with Crippen LogP contribution in [0, 0.1) is 16.0 Å². The number of hydrazine groups is 1. The number of sulfonamides is 1. The number of nitro groups is 1. The highest BCUT2D eigenvalue weighted by atomic mass is 35.5. The van der Waals surface area contributed by atoms with Gasteiger partial charge in [0, 0.05) is 70.1 Å². The summed E-state index contributed by atoms with van der Waals surface area (Å²) in [5.74, 6) is 0.763. The molecule has 0 aliphatic carbocycles. The molecule has 2 aliphatic rings. The Hall–Kier alpha value is -5.55. The van der Waals surface area contributed by atoms with E-state index < -0.39 is 31.4 Å². The first-order valence-corrected chi connectivity index (χ1v) is 22.9. The fourth-order valence-electron chi connectivity index (χ4n) is 7.71. The minimum Gasteiger partial charge on any atom is -0.494 e. The fourth-order valence-corrected chi connectivity index (χ4v) is 9.32. The Morgan fingerprint density at radius 1 is 0.889 bits per heavy atom. The monoisotopic (exact) mass is 896 g/mol. The molecule has 2 aliphatic heterocycles. The van der Waals surface area contributed by atoms with Gasteiger partial charge in [-0.25, -0.2) is 5.01 Å². The lowest BCUT2D eigenvalue weighted by atomic mass is 9.98. The number of para-hydroxylation sites is 2. The number of benzene rings is 5. The fraction of sp³-hybridized carbons (Fsp3) is 0.340. The van der Waals surface area contributed by atoms with Gasteiger partial charge in [-0.05, 0) is 117 Å². The van der Waals surface area contributed by atoms with Crippen LogP contribution in [0.3, 0.4) is 0 Å². The third kappa shape index (κ3) is 11.7. The number of piperazine rings is 1. The molecule has 332 valence electrons. The number of carbonyl (C=O) groups excluding carboxylic acids is 1. The van der Waals surface area contributed by atoms with Crippen LogP contribution in [0.1, 0.15) is 35.2 Å². The van der Waals surface area contributed by atoms with Gasteiger partial charge >= 0.3 is 0 Å². The Balaban J connectivity index is 1.17. The molecule has 16 heteroatoms. The molecule has 0 aromatic heterocycles. The predicted molar refractivity (Wildman–Crippen MR) is 244 cm³/mol. The van der Waals surface area contributed by atoms with E-state index in [4.69, 9.17) is 25.8 Å². The van der Waals surface area contributed by atoms with Gasteiger partial charge in [-0.15, -0.1) is 0 Å². The maximum Gasteiger partial charge on any atom is 0.293 e. The van der Waals surface area contributed by atoms with E-state index in [1.807, 2.05) is 62.6 Å². The number of nitro benzene ring substituents is 1. The zero-order chi connectivity index (χ0) is 44.3. The molecule has 2 saturated heterocycles. The van der Waals surface area contributed by atoms with E-state index in [2.05, 4.69) is 15.1 Å². The summed E-state index contributed by atoms with van der Waals surface area (Å²) in [5, 5.41) is 17.7. The quantitative estimate of drug-likeness (QED) is 0.0512. The van der Waals surface area contributed by atoms with E-state index in [0.29, 0.717) is 56.8 Å². The van der Waals surface area contributed by atoms with Gasteiger partial charge in [0.2, 0.25) is 0 Å². The van der Waals surface area contributed by atoms with Gasteiger partial charge in [-0.1, -0.05) is 60.1 Å². The zero-order valence-corrected chi connectivity index (χ0v) is 37.1. The van der Waals surface area contributed by atoms with Gasteiger partial charge in [-0.3, -0.25) is 19.8 Å². The summed E-state index contributed by atoms with van der Waals surface area (Å²) in [6, 6.07) is 32.8. The van der Waals surface area contributed by atoms with Crippen molar-refractivity contribution in [1.82, 2.24) is 19.2 Å². The van der Waals surface area contributed by atoms with Crippen molar-refractivity contribution in [3.05, 3.63) is 142 Å². The summed E-state index contributed by atoms with van der Waals surface area (Å²) in [6.45, 7) is 4.77. The molecule has 0 unspecified atom stereocenters. The summed E-state index contributed by atoms with van der Waals surface area (Å²) < 4.78 is 48.3. The third-order valence-corrected chi connectivity index (χ3v) is 13.1. The lowest BCUT2D eigenvalue weighted by Gasteiger charge is -2.40. The molecule has 2 heterocycles. The predicted octanol–water partition coefficient (Wildman–Crippen LogP) is 8.44. The second-order valence-corrected chi connectivity index (χ2v) is 18.1. The number of ether oxygens (including phenoxy) is 3. The number of nitrogens with zero attached hydrogens (tertiary/aromatic N) is 5. The first kappa shape index (κ1) is 45.5. The van der Waals surface area contributed by atoms with E-state index in [0.717, 1.165) is 58.7 Å². The highest BCUT2D eigenvalue weighted by Crippen LogP contribution is 2.35. The van der Waals surface area contributed by atoms with E-state index in [1.165, 1.54) is 23.2 Å². The lowest BCUT2D eigenvalue weighted by molar-refractivity contribution is -0.384. The molecule has 63 heavy (non-hydrogen) atoms. The largest absolute Gasteiger partial charge is 0.494 e.